The van der Waals surface area contributed by atoms with Crippen molar-refractivity contribution in [3.05, 3.63) is 120 Å². The molecule has 0 unspecified atom stereocenters. The number of methoxy groups -OCH3 is 2. The van der Waals surface area contributed by atoms with Gasteiger partial charge in [-0.1, -0.05) is 112 Å². The summed E-state index contributed by atoms with van der Waals surface area (Å²) in [6.45, 7) is 7.82. The number of nitrogens with zero attached hydrogens (tertiary/aromatic N) is 1. The molecule has 8 nitrogen and oxygen atoms in total. The molecule has 2 N–H and O–H groups in total. The summed E-state index contributed by atoms with van der Waals surface area (Å²) in [5.74, 6) is 0.577. The Morgan fingerprint density at radius 3 is 2.06 bits per heavy atom. The second-order valence-corrected chi connectivity index (χ2v) is 18.3. The van der Waals surface area contributed by atoms with Gasteiger partial charge in [-0.15, -0.1) is 0 Å². The number of nitrogens with one attached hydrogen (secondary N) is 1. The molecule has 50 heavy (non-hydrogen) atoms. The van der Waals surface area contributed by atoms with Crippen molar-refractivity contribution < 1.29 is 28.6 Å². The molecule has 4 aromatic carbocycles. The Morgan fingerprint density at radius 1 is 0.900 bits per heavy atom. The number of aliphatic hydroxyl groups excluding tert-OH is 1. The minimum atomic E-state index is -2.94. The van der Waals surface area contributed by atoms with Crippen LogP contribution in [0.1, 0.15) is 44.7 Å². The van der Waals surface area contributed by atoms with Crippen LogP contribution in [0.15, 0.2) is 109 Å². The Bertz CT molecular complexity index is 1660. The predicted octanol–water partition coefficient (Wildman–Crippen LogP) is 5.11. The van der Waals surface area contributed by atoms with Gasteiger partial charge in [0.15, 0.2) is 0 Å². The molecular formula is C41H50N2O6Si. The Labute approximate surface area is 297 Å². The molecule has 0 radical (unpaired) electrons. The molecule has 0 spiro atoms. The van der Waals surface area contributed by atoms with Gasteiger partial charge >= 0.3 is 0 Å². The van der Waals surface area contributed by atoms with E-state index >= 15 is 0 Å². The number of hydrogen-bond donors (Lipinski definition) is 2. The molecule has 0 bridgehead atoms. The van der Waals surface area contributed by atoms with Gasteiger partial charge in [0.2, 0.25) is 11.8 Å². The Morgan fingerprint density at radius 2 is 1.50 bits per heavy atom. The van der Waals surface area contributed by atoms with Crippen LogP contribution in [0.3, 0.4) is 0 Å². The molecule has 1 aliphatic heterocycles. The SMILES string of the molecule is COc1ccc(CN2CC[C@H](C[C@@H](CO[Si](c3ccccc3)(c3ccccc3)C(C)(C)C)NC(=O)[C@H](O)Cc3ccccc3)C2=O)c(OC)c1. The smallest absolute Gasteiger partial charge is 0.261 e. The van der Waals surface area contributed by atoms with Gasteiger partial charge in [0.05, 0.1) is 26.9 Å². The molecule has 4 aromatic rings. The minimum Gasteiger partial charge on any atom is -0.497 e. The number of hydrogen-bond acceptors (Lipinski definition) is 6. The average molecular weight is 695 g/mol. The van der Waals surface area contributed by atoms with Gasteiger partial charge in [-0.3, -0.25) is 9.59 Å². The van der Waals surface area contributed by atoms with Crippen molar-refractivity contribution in [3.63, 3.8) is 0 Å². The van der Waals surface area contributed by atoms with Crippen molar-refractivity contribution in [1.29, 1.82) is 0 Å². The van der Waals surface area contributed by atoms with Crippen LogP contribution in [0.5, 0.6) is 11.5 Å². The highest BCUT2D eigenvalue weighted by atomic mass is 28.4. The van der Waals surface area contributed by atoms with E-state index in [4.69, 9.17) is 13.9 Å². The fourth-order valence-corrected chi connectivity index (χ4v) is 11.7. The second-order valence-electron chi connectivity index (χ2n) is 14.0. The first-order valence-electron chi connectivity index (χ1n) is 17.3. The maximum Gasteiger partial charge on any atom is 0.261 e. The molecule has 0 aromatic heterocycles. The lowest BCUT2D eigenvalue weighted by Gasteiger charge is -2.44. The van der Waals surface area contributed by atoms with Gasteiger partial charge in [-0.25, -0.2) is 0 Å². The van der Waals surface area contributed by atoms with E-state index in [1.807, 2.05) is 89.8 Å². The summed E-state index contributed by atoms with van der Waals surface area (Å²) in [7, 11) is 0.277. The summed E-state index contributed by atoms with van der Waals surface area (Å²) in [6, 6.07) is 35.3. The first-order valence-corrected chi connectivity index (χ1v) is 19.2. The van der Waals surface area contributed by atoms with Crippen LogP contribution in [-0.2, 0) is 27.0 Å². The van der Waals surface area contributed by atoms with E-state index in [1.54, 1.807) is 14.2 Å². The number of benzene rings is 4. The summed E-state index contributed by atoms with van der Waals surface area (Å²) >= 11 is 0. The van der Waals surface area contributed by atoms with E-state index in [1.165, 1.54) is 0 Å². The summed E-state index contributed by atoms with van der Waals surface area (Å²) in [5.41, 5.74) is 1.76. The van der Waals surface area contributed by atoms with Crippen molar-refractivity contribution >= 4 is 30.5 Å². The standard InChI is InChI=1S/C41H50N2O6Si/c1-41(2,3)50(35-17-11-7-12-18-35,36-19-13-8-14-20-36)49-29-33(42-39(45)37(44)25-30-15-9-6-10-16-30)26-31-23-24-43(40(31)46)28-32-21-22-34(47-4)27-38(32)48-5/h6-22,27,31,33,37,44H,23-26,28-29H2,1-5H3,(H,42,45)/t31-,33+,37-/m1/s1. The van der Waals surface area contributed by atoms with Crippen LogP contribution in [-0.4, -0.2) is 69.7 Å². The Kier molecular flexibility index (Phi) is 12.2. The second kappa shape index (κ2) is 16.5. The van der Waals surface area contributed by atoms with Gasteiger partial charge in [-0.05, 0) is 45.9 Å². The third-order valence-electron chi connectivity index (χ3n) is 9.67. The fraction of sp³-hybridized carbons (Fsp3) is 0.366. The zero-order valence-electron chi connectivity index (χ0n) is 29.8. The number of likely N-dealkylation sites (tertiary alicyclic amines) is 1. The van der Waals surface area contributed by atoms with Crippen LogP contribution in [0.4, 0.5) is 0 Å². The Balaban J connectivity index is 1.40. The molecule has 1 saturated heterocycles. The van der Waals surface area contributed by atoms with Gasteiger partial charge in [0.1, 0.15) is 17.6 Å². The van der Waals surface area contributed by atoms with Gasteiger partial charge < -0.3 is 29.2 Å². The minimum absolute atomic E-state index is 0.0254. The lowest BCUT2D eigenvalue weighted by atomic mass is 9.98. The van der Waals surface area contributed by atoms with Gasteiger partial charge in [0.25, 0.3) is 8.32 Å². The molecule has 2 amide bonds. The summed E-state index contributed by atoms with van der Waals surface area (Å²) in [6.07, 6.45) is -0.0208. The zero-order chi connectivity index (χ0) is 35.7. The lowest BCUT2D eigenvalue weighted by molar-refractivity contribution is -0.133. The van der Waals surface area contributed by atoms with E-state index in [9.17, 15) is 14.7 Å². The summed E-state index contributed by atoms with van der Waals surface area (Å²) in [5, 5.41) is 16.1. The monoisotopic (exact) mass is 694 g/mol. The predicted molar refractivity (Wildman–Crippen MR) is 199 cm³/mol. The van der Waals surface area contributed by atoms with Crippen molar-refractivity contribution in [2.45, 2.75) is 63.8 Å². The highest BCUT2D eigenvalue weighted by Crippen LogP contribution is 2.37. The maximum atomic E-state index is 13.9. The van der Waals surface area contributed by atoms with Crippen LogP contribution >= 0.6 is 0 Å². The number of carbonyl (C=O) groups excluding carboxylic acids is 2. The van der Waals surface area contributed by atoms with Crippen molar-refractivity contribution in [2.75, 3.05) is 27.4 Å². The number of ether oxygens (including phenoxy) is 2. The lowest BCUT2D eigenvalue weighted by Crippen LogP contribution is -2.67. The summed E-state index contributed by atoms with van der Waals surface area (Å²) < 4.78 is 18.2. The number of rotatable bonds is 15. The third kappa shape index (κ3) is 8.46. The molecule has 9 heteroatoms. The molecule has 1 aliphatic rings. The van der Waals surface area contributed by atoms with Gasteiger partial charge in [-0.2, -0.15) is 0 Å². The first-order chi connectivity index (χ1) is 24.1. The maximum absolute atomic E-state index is 13.9. The van der Waals surface area contributed by atoms with Crippen molar-refractivity contribution in [3.8, 4) is 11.5 Å². The molecule has 0 aliphatic carbocycles. The van der Waals surface area contributed by atoms with Gasteiger partial charge in [0, 0.05) is 37.1 Å². The molecular weight excluding hydrogens is 645 g/mol. The van der Waals surface area contributed by atoms with E-state index in [0.717, 1.165) is 21.5 Å². The van der Waals surface area contributed by atoms with E-state index in [0.29, 0.717) is 37.4 Å². The quantitative estimate of drug-likeness (QED) is 0.168. The van der Waals surface area contributed by atoms with E-state index < -0.39 is 26.4 Å². The summed E-state index contributed by atoms with van der Waals surface area (Å²) in [4.78, 5) is 29.3. The zero-order valence-corrected chi connectivity index (χ0v) is 30.8. The molecule has 0 saturated carbocycles. The normalized spacial score (nSPS) is 16.2. The van der Waals surface area contributed by atoms with Crippen LogP contribution < -0.4 is 25.2 Å². The number of carbonyl (C=O) groups is 2. The number of amides is 2. The first kappa shape index (κ1) is 36.8. The Hall–Kier alpha value is -4.44. The molecule has 1 fully saturated rings. The molecule has 3 atom stereocenters. The third-order valence-corrected chi connectivity index (χ3v) is 14.7. The average Bonchev–Trinajstić information content (AvgIpc) is 3.46. The van der Waals surface area contributed by atoms with Crippen LogP contribution in [0.2, 0.25) is 5.04 Å². The van der Waals surface area contributed by atoms with Crippen LogP contribution in [0.25, 0.3) is 0 Å². The highest BCUT2D eigenvalue weighted by molar-refractivity contribution is 6.99. The molecule has 1 heterocycles. The topological polar surface area (TPSA) is 97.3 Å². The largest absolute Gasteiger partial charge is 0.497 e. The van der Waals surface area contributed by atoms with Crippen molar-refractivity contribution in [2.24, 2.45) is 5.92 Å². The van der Waals surface area contributed by atoms with E-state index in [-0.39, 0.29) is 29.9 Å². The molecule has 5 rings (SSSR count). The van der Waals surface area contributed by atoms with E-state index in [2.05, 4.69) is 50.4 Å². The number of aliphatic hydroxyl groups is 1. The fourth-order valence-electron chi connectivity index (χ4n) is 7.09. The van der Waals surface area contributed by atoms with Crippen LogP contribution in [0, 0.1) is 5.92 Å². The molecule has 264 valence electrons. The van der Waals surface area contributed by atoms with Crippen molar-refractivity contribution in [1.82, 2.24) is 10.2 Å². The highest BCUT2D eigenvalue weighted by Gasteiger charge is 2.50.